The van der Waals surface area contributed by atoms with E-state index in [4.69, 9.17) is 9.47 Å². The number of hydrogen-bond donors (Lipinski definition) is 0. The summed E-state index contributed by atoms with van der Waals surface area (Å²) in [4.78, 5) is 22.6. The minimum Gasteiger partial charge on any atom is -0.465 e. The van der Waals surface area contributed by atoms with E-state index < -0.39 is 0 Å². The number of rotatable bonds is 2. The van der Waals surface area contributed by atoms with Gasteiger partial charge < -0.3 is 9.47 Å². The fourth-order valence-corrected chi connectivity index (χ4v) is 2.37. The van der Waals surface area contributed by atoms with Crippen LogP contribution < -0.4 is 0 Å². The van der Waals surface area contributed by atoms with Crippen molar-refractivity contribution >= 4 is 11.9 Å². The lowest BCUT2D eigenvalue weighted by molar-refractivity contribution is -0.147. The van der Waals surface area contributed by atoms with E-state index in [-0.39, 0.29) is 29.9 Å². The summed E-state index contributed by atoms with van der Waals surface area (Å²) in [6.45, 7) is 5.66. The van der Waals surface area contributed by atoms with Gasteiger partial charge in [0.15, 0.2) is 0 Å². The summed E-state index contributed by atoms with van der Waals surface area (Å²) in [5.74, 6) is -0.174. The van der Waals surface area contributed by atoms with Crippen LogP contribution in [0.1, 0.15) is 26.2 Å². The van der Waals surface area contributed by atoms with Gasteiger partial charge in [0, 0.05) is 11.5 Å². The largest absolute Gasteiger partial charge is 0.465 e. The number of hydrogen-bond acceptors (Lipinski definition) is 4. The molecule has 4 nitrogen and oxygen atoms in total. The first kappa shape index (κ1) is 11.2. The van der Waals surface area contributed by atoms with Crippen LogP contribution in [0.25, 0.3) is 0 Å². The minimum atomic E-state index is -0.339. The van der Waals surface area contributed by atoms with Crippen LogP contribution in [0.2, 0.25) is 0 Å². The molecule has 3 unspecified atom stereocenters. The van der Waals surface area contributed by atoms with Gasteiger partial charge in [0.25, 0.3) is 0 Å². The molecule has 0 aromatic carbocycles. The fourth-order valence-electron chi connectivity index (χ4n) is 2.37. The lowest BCUT2D eigenvalue weighted by Gasteiger charge is -2.28. The molecule has 1 saturated heterocycles. The Bertz CT molecular complexity index is 334. The van der Waals surface area contributed by atoms with Gasteiger partial charge in [0.05, 0.1) is 12.5 Å². The monoisotopic (exact) mass is 224 g/mol. The molecule has 0 aromatic rings. The third-order valence-electron chi connectivity index (χ3n) is 3.30. The first-order valence-corrected chi connectivity index (χ1v) is 5.61. The minimum absolute atomic E-state index is 0.0276. The Balaban J connectivity index is 1.90. The molecule has 4 heteroatoms. The molecule has 0 aromatic heterocycles. The third-order valence-corrected chi connectivity index (χ3v) is 3.30. The first-order valence-electron chi connectivity index (χ1n) is 5.61. The predicted octanol–water partition coefficient (Wildman–Crippen LogP) is 1.45. The molecular formula is C12H16O4. The molecule has 0 N–H and O–H groups in total. The van der Waals surface area contributed by atoms with Crippen LogP contribution in [0, 0.1) is 11.8 Å². The Labute approximate surface area is 94.6 Å². The molecule has 0 spiro atoms. The van der Waals surface area contributed by atoms with E-state index in [1.165, 1.54) is 0 Å². The molecule has 0 amide bonds. The van der Waals surface area contributed by atoms with Crippen LogP contribution in [0.3, 0.4) is 0 Å². The van der Waals surface area contributed by atoms with Crippen LogP contribution >= 0.6 is 0 Å². The molecule has 0 bridgehead atoms. The van der Waals surface area contributed by atoms with Crippen molar-refractivity contribution in [3.63, 3.8) is 0 Å². The fraction of sp³-hybridized carbons (Fsp3) is 0.667. The lowest BCUT2D eigenvalue weighted by Crippen LogP contribution is -2.31. The smallest absolute Gasteiger partial charge is 0.333 e. The summed E-state index contributed by atoms with van der Waals surface area (Å²) in [7, 11) is 0. The second-order valence-electron chi connectivity index (χ2n) is 4.62. The molecule has 16 heavy (non-hydrogen) atoms. The summed E-state index contributed by atoms with van der Waals surface area (Å²) < 4.78 is 10.3. The van der Waals surface area contributed by atoms with Crippen LogP contribution in [0.4, 0.5) is 0 Å². The number of carbonyl (C=O) groups excluding carboxylic acids is 2. The molecule has 1 aliphatic carbocycles. The molecular weight excluding hydrogens is 208 g/mol. The molecule has 1 aliphatic heterocycles. The molecule has 2 rings (SSSR count). The molecule has 88 valence electrons. The van der Waals surface area contributed by atoms with Gasteiger partial charge in [-0.2, -0.15) is 0 Å². The third kappa shape index (κ3) is 2.10. The zero-order chi connectivity index (χ0) is 11.7. The average molecular weight is 224 g/mol. The molecule has 0 radical (unpaired) electrons. The van der Waals surface area contributed by atoms with Gasteiger partial charge in [0.2, 0.25) is 0 Å². The molecule has 1 saturated carbocycles. The van der Waals surface area contributed by atoms with Crippen molar-refractivity contribution < 1.29 is 19.1 Å². The second kappa shape index (κ2) is 4.28. The molecule has 2 fully saturated rings. The topological polar surface area (TPSA) is 52.6 Å². The maximum absolute atomic E-state index is 11.3. The standard InChI is InChI=1S/C12H16O4/c1-7(2)11(13)16-9-3-4-10-8(5-9)6-15-12(10)14/h8-10H,1,3-6H2,2H3. The summed E-state index contributed by atoms with van der Waals surface area (Å²) >= 11 is 0. The van der Waals surface area contributed by atoms with Crippen LogP contribution in [0.15, 0.2) is 12.2 Å². The predicted molar refractivity (Wildman–Crippen MR) is 56.5 cm³/mol. The Morgan fingerprint density at radius 3 is 2.94 bits per heavy atom. The van der Waals surface area contributed by atoms with E-state index in [1.54, 1.807) is 6.92 Å². The van der Waals surface area contributed by atoms with Crippen molar-refractivity contribution in [3.05, 3.63) is 12.2 Å². The Morgan fingerprint density at radius 1 is 1.50 bits per heavy atom. The highest BCUT2D eigenvalue weighted by Gasteiger charge is 2.42. The van der Waals surface area contributed by atoms with Gasteiger partial charge in [-0.3, -0.25) is 4.79 Å². The number of esters is 2. The lowest BCUT2D eigenvalue weighted by atomic mass is 9.80. The summed E-state index contributed by atoms with van der Waals surface area (Å²) in [6, 6.07) is 0. The van der Waals surface area contributed by atoms with Crippen molar-refractivity contribution in [1.82, 2.24) is 0 Å². The normalized spacial score (nSPS) is 32.8. The van der Waals surface area contributed by atoms with E-state index in [0.29, 0.717) is 12.2 Å². The second-order valence-corrected chi connectivity index (χ2v) is 4.62. The zero-order valence-corrected chi connectivity index (χ0v) is 9.40. The quantitative estimate of drug-likeness (QED) is 0.526. The Kier molecular flexibility index (Phi) is 2.99. The maximum atomic E-state index is 11.3. The molecule has 3 atom stereocenters. The van der Waals surface area contributed by atoms with E-state index >= 15 is 0 Å². The number of carbonyl (C=O) groups is 2. The highest BCUT2D eigenvalue weighted by Crippen LogP contribution is 2.36. The van der Waals surface area contributed by atoms with E-state index in [2.05, 4.69) is 6.58 Å². The van der Waals surface area contributed by atoms with Crippen molar-refractivity contribution in [3.8, 4) is 0 Å². The van der Waals surface area contributed by atoms with Crippen molar-refractivity contribution in [2.45, 2.75) is 32.3 Å². The number of fused-ring (bicyclic) bond motifs is 1. The van der Waals surface area contributed by atoms with Crippen LogP contribution in [-0.4, -0.2) is 24.6 Å². The van der Waals surface area contributed by atoms with E-state index in [9.17, 15) is 9.59 Å². The van der Waals surface area contributed by atoms with Gasteiger partial charge in [-0.25, -0.2) is 4.79 Å². The van der Waals surface area contributed by atoms with Gasteiger partial charge in [-0.15, -0.1) is 0 Å². The summed E-state index contributed by atoms with van der Waals surface area (Å²) in [6.07, 6.45) is 2.16. The van der Waals surface area contributed by atoms with Gasteiger partial charge in [-0.05, 0) is 26.2 Å². The maximum Gasteiger partial charge on any atom is 0.333 e. The van der Waals surface area contributed by atoms with Gasteiger partial charge >= 0.3 is 11.9 Å². The highest BCUT2D eigenvalue weighted by atomic mass is 16.5. The first-order chi connectivity index (χ1) is 7.58. The van der Waals surface area contributed by atoms with Crippen molar-refractivity contribution in [2.75, 3.05) is 6.61 Å². The molecule has 1 heterocycles. The van der Waals surface area contributed by atoms with Crippen molar-refractivity contribution in [1.29, 1.82) is 0 Å². The number of ether oxygens (including phenoxy) is 2. The molecule has 2 aliphatic rings. The van der Waals surface area contributed by atoms with E-state index in [1.807, 2.05) is 0 Å². The summed E-state index contributed by atoms with van der Waals surface area (Å²) in [5.41, 5.74) is 0.417. The summed E-state index contributed by atoms with van der Waals surface area (Å²) in [5, 5.41) is 0. The van der Waals surface area contributed by atoms with Crippen LogP contribution in [-0.2, 0) is 19.1 Å². The van der Waals surface area contributed by atoms with Gasteiger partial charge in [-0.1, -0.05) is 6.58 Å². The Morgan fingerprint density at radius 2 is 2.25 bits per heavy atom. The van der Waals surface area contributed by atoms with E-state index in [0.717, 1.165) is 19.3 Å². The highest BCUT2D eigenvalue weighted by molar-refractivity contribution is 5.87. The SMILES string of the molecule is C=C(C)C(=O)OC1CCC2C(=O)OCC2C1. The Hall–Kier alpha value is -1.32. The zero-order valence-electron chi connectivity index (χ0n) is 9.40. The van der Waals surface area contributed by atoms with Crippen LogP contribution in [0.5, 0.6) is 0 Å². The van der Waals surface area contributed by atoms with Gasteiger partial charge in [0.1, 0.15) is 6.10 Å². The number of cyclic esters (lactones) is 1. The van der Waals surface area contributed by atoms with Crippen molar-refractivity contribution in [2.24, 2.45) is 11.8 Å². The average Bonchev–Trinajstić information content (AvgIpc) is 2.60.